The van der Waals surface area contributed by atoms with Crippen LogP contribution >= 0.6 is 34.2 Å². The number of hydroxylamine groups is 1. The Morgan fingerprint density at radius 3 is 2.70 bits per heavy atom. The lowest BCUT2D eigenvalue weighted by Crippen LogP contribution is -2.33. The van der Waals surface area contributed by atoms with Crippen molar-refractivity contribution in [3.05, 3.63) is 56.1 Å². The molecule has 0 bridgehead atoms. The van der Waals surface area contributed by atoms with Gasteiger partial charge in [-0.15, -0.1) is 0 Å². The summed E-state index contributed by atoms with van der Waals surface area (Å²) < 4.78 is 29.0. The van der Waals surface area contributed by atoms with Gasteiger partial charge in [-0.1, -0.05) is 11.6 Å². The molecule has 0 spiro atoms. The minimum Gasteiger partial charge on any atom is -0.394 e. The molecule has 1 atom stereocenters. The maximum Gasteiger partial charge on any atom is 0.277 e. The molecule has 5 nitrogen and oxygen atoms in total. The molecule has 1 unspecified atom stereocenters. The van der Waals surface area contributed by atoms with Crippen molar-refractivity contribution in [2.45, 2.75) is 18.9 Å². The average Bonchev–Trinajstić information content (AvgIpc) is 3.46. The Kier molecular flexibility index (Phi) is 6.51. The molecule has 0 heterocycles. The first-order chi connectivity index (χ1) is 12.9. The third-order valence-electron chi connectivity index (χ3n) is 4.16. The average molecular weight is 509 g/mol. The number of rotatable bonds is 7. The van der Waals surface area contributed by atoms with Crippen molar-refractivity contribution in [1.82, 2.24) is 5.48 Å². The van der Waals surface area contributed by atoms with Gasteiger partial charge in [0.2, 0.25) is 0 Å². The summed E-state index contributed by atoms with van der Waals surface area (Å²) in [5.74, 6) is -2.90. The van der Waals surface area contributed by atoms with Crippen molar-refractivity contribution in [2.75, 3.05) is 11.9 Å². The largest absolute Gasteiger partial charge is 0.394 e. The standard InChI is InChI=1S/C18H16ClF2IN2O3/c19-12-7-10(22)3-6-14(12)23-17-11(4-5-13(20)16(17)21)18(26)24-27-15(8-25)9-1-2-9/h3-7,9,15,23,25H,1-2,8H2,(H,24,26). The van der Waals surface area contributed by atoms with Crippen LogP contribution < -0.4 is 10.8 Å². The molecule has 0 radical (unpaired) electrons. The molecule has 0 saturated heterocycles. The minimum absolute atomic E-state index is 0.156. The Balaban J connectivity index is 1.84. The molecule has 0 aromatic heterocycles. The molecule has 3 N–H and O–H groups in total. The van der Waals surface area contributed by atoms with E-state index in [1.807, 2.05) is 0 Å². The Morgan fingerprint density at radius 2 is 2.07 bits per heavy atom. The highest BCUT2D eigenvalue weighted by Crippen LogP contribution is 2.34. The van der Waals surface area contributed by atoms with Crippen molar-refractivity contribution in [3.63, 3.8) is 0 Å². The van der Waals surface area contributed by atoms with E-state index >= 15 is 0 Å². The van der Waals surface area contributed by atoms with Gasteiger partial charge in [0.1, 0.15) is 6.10 Å². The molecule has 9 heteroatoms. The SMILES string of the molecule is O=C(NOC(CO)C1CC1)c1ccc(F)c(F)c1Nc1ccc(I)cc1Cl. The van der Waals surface area contributed by atoms with E-state index in [-0.39, 0.29) is 23.8 Å². The van der Waals surface area contributed by atoms with Gasteiger partial charge in [-0.25, -0.2) is 14.3 Å². The molecule has 1 saturated carbocycles. The molecule has 1 aliphatic rings. The van der Waals surface area contributed by atoms with E-state index < -0.39 is 23.6 Å². The van der Waals surface area contributed by atoms with Gasteiger partial charge in [-0.2, -0.15) is 0 Å². The fourth-order valence-electron chi connectivity index (χ4n) is 2.52. The first kappa shape index (κ1) is 20.2. The maximum absolute atomic E-state index is 14.4. The fraction of sp³-hybridized carbons (Fsp3) is 0.278. The molecular formula is C18H16ClF2IN2O3. The molecule has 2 aromatic rings. The minimum atomic E-state index is -1.21. The molecule has 0 aliphatic heterocycles. The van der Waals surface area contributed by atoms with E-state index in [2.05, 4.69) is 33.4 Å². The zero-order valence-electron chi connectivity index (χ0n) is 13.9. The van der Waals surface area contributed by atoms with E-state index in [9.17, 15) is 18.7 Å². The van der Waals surface area contributed by atoms with Gasteiger partial charge >= 0.3 is 0 Å². The number of aliphatic hydroxyl groups is 1. The molecule has 1 amide bonds. The predicted molar refractivity (Wildman–Crippen MR) is 106 cm³/mol. The molecule has 1 fully saturated rings. The van der Waals surface area contributed by atoms with E-state index in [0.717, 1.165) is 28.5 Å². The summed E-state index contributed by atoms with van der Waals surface area (Å²) in [4.78, 5) is 17.7. The van der Waals surface area contributed by atoms with Gasteiger partial charge < -0.3 is 10.4 Å². The summed E-state index contributed by atoms with van der Waals surface area (Å²) in [5.41, 5.74) is 2.02. The second-order valence-electron chi connectivity index (χ2n) is 6.14. The molecular weight excluding hydrogens is 493 g/mol. The molecule has 1 aliphatic carbocycles. The zero-order valence-corrected chi connectivity index (χ0v) is 16.9. The number of anilines is 2. The van der Waals surface area contributed by atoms with Crippen LogP contribution in [0.25, 0.3) is 0 Å². The molecule has 2 aromatic carbocycles. The number of hydrogen-bond donors (Lipinski definition) is 3. The Labute approximate surface area is 173 Å². The van der Waals surface area contributed by atoms with Gasteiger partial charge in [0.15, 0.2) is 11.6 Å². The van der Waals surface area contributed by atoms with Gasteiger partial charge in [0.25, 0.3) is 5.91 Å². The smallest absolute Gasteiger partial charge is 0.277 e. The predicted octanol–water partition coefficient (Wildman–Crippen LogP) is 4.40. The summed E-state index contributed by atoms with van der Waals surface area (Å²) in [7, 11) is 0. The number of amides is 1. The zero-order chi connectivity index (χ0) is 19.6. The lowest BCUT2D eigenvalue weighted by atomic mass is 10.1. The topological polar surface area (TPSA) is 70.6 Å². The highest BCUT2D eigenvalue weighted by atomic mass is 127. The second kappa shape index (κ2) is 8.68. The van der Waals surface area contributed by atoms with Crippen molar-refractivity contribution in [1.29, 1.82) is 0 Å². The van der Waals surface area contributed by atoms with E-state index in [0.29, 0.717) is 10.7 Å². The monoisotopic (exact) mass is 508 g/mol. The number of carbonyl (C=O) groups excluding carboxylic acids is 1. The van der Waals surface area contributed by atoms with Crippen LogP contribution in [0.2, 0.25) is 5.02 Å². The van der Waals surface area contributed by atoms with Gasteiger partial charge in [0, 0.05) is 3.57 Å². The summed E-state index contributed by atoms with van der Waals surface area (Å²) in [6.45, 7) is -0.244. The second-order valence-corrected chi connectivity index (χ2v) is 7.79. The lowest BCUT2D eigenvalue weighted by Gasteiger charge is -2.17. The third-order valence-corrected chi connectivity index (χ3v) is 5.14. The summed E-state index contributed by atoms with van der Waals surface area (Å²) >= 11 is 8.20. The van der Waals surface area contributed by atoms with Gasteiger partial charge in [-0.3, -0.25) is 9.63 Å². The number of nitrogens with one attached hydrogen (secondary N) is 2. The van der Waals surface area contributed by atoms with Crippen LogP contribution in [-0.2, 0) is 4.84 Å². The third kappa shape index (κ3) is 4.87. The van der Waals surface area contributed by atoms with E-state index in [4.69, 9.17) is 16.4 Å². The molecule has 27 heavy (non-hydrogen) atoms. The van der Waals surface area contributed by atoms with Crippen LogP contribution in [0.5, 0.6) is 0 Å². The number of halogens is 4. The first-order valence-corrected chi connectivity index (χ1v) is 9.63. The van der Waals surface area contributed by atoms with E-state index in [1.54, 1.807) is 18.2 Å². The first-order valence-electron chi connectivity index (χ1n) is 8.17. The van der Waals surface area contributed by atoms with Crippen LogP contribution in [0.3, 0.4) is 0 Å². The van der Waals surface area contributed by atoms with Crippen LogP contribution in [0.1, 0.15) is 23.2 Å². The summed E-state index contributed by atoms with van der Waals surface area (Å²) in [6.07, 6.45) is 1.29. The number of carbonyl (C=O) groups is 1. The quantitative estimate of drug-likeness (QED) is 0.383. The van der Waals surface area contributed by atoms with Crippen molar-refractivity contribution in [3.8, 4) is 0 Å². The molecule has 144 valence electrons. The van der Waals surface area contributed by atoms with Crippen molar-refractivity contribution >= 4 is 51.5 Å². The molecule has 3 rings (SSSR count). The number of hydrogen-bond acceptors (Lipinski definition) is 4. The highest BCUT2D eigenvalue weighted by Gasteiger charge is 2.32. The van der Waals surface area contributed by atoms with Crippen molar-refractivity contribution in [2.24, 2.45) is 5.92 Å². The summed E-state index contributed by atoms with van der Waals surface area (Å²) in [6, 6.07) is 6.98. The fourth-order valence-corrected chi connectivity index (χ4v) is 3.43. The lowest BCUT2D eigenvalue weighted by molar-refractivity contribution is -0.0497. The summed E-state index contributed by atoms with van der Waals surface area (Å²) in [5, 5.41) is 12.3. The van der Waals surface area contributed by atoms with Crippen molar-refractivity contribution < 1.29 is 23.5 Å². The number of aliphatic hydroxyl groups excluding tert-OH is 1. The van der Waals surface area contributed by atoms with Crippen LogP contribution in [0, 0.1) is 21.1 Å². The maximum atomic E-state index is 14.4. The van der Waals surface area contributed by atoms with E-state index in [1.165, 1.54) is 0 Å². The van der Waals surface area contributed by atoms with Gasteiger partial charge in [0.05, 0.1) is 28.6 Å². The van der Waals surface area contributed by atoms with Crippen LogP contribution in [-0.4, -0.2) is 23.7 Å². The Hall–Kier alpha value is -1.49. The van der Waals surface area contributed by atoms with Gasteiger partial charge in [-0.05, 0) is 71.7 Å². The van der Waals surface area contributed by atoms with Crippen LogP contribution in [0.4, 0.5) is 20.2 Å². The Morgan fingerprint density at radius 1 is 1.33 bits per heavy atom. The highest BCUT2D eigenvalue weighted by molar-refractivity contribution is 14.1. The normalized spacial score (nSPS) is 14.7. The number of benzene rings is 2. The Bertz CT molecular complexity index is 865. The van der Waals surface area contributed by atoms with Crippen LogP contribution in [0.15, 0.2) is 30.3 Å².